The maximum absolute atomic E-state index is 13.5. The highest BCUT2D eigenvalue weighted by atomic mass is 16.2. The zero-order chi connectivity index (χ0) is 31.0. The summed E-state index contributed by atoms with van der Waals surface area (Å²) >= 11 is 0. The van der Waals surface area contributed by atoms with Crippen molar-refractivity contribution in [3.63, 3.8) is 0 Å². The number of imide groups is 1. The maximum Gasteiger partial charge on any atom is 0.262 e. The topological polar surface area (TPSA) is 78.0 Å². The first-order valence-corrected chi connectivity index (χ1v) is 15.4. The molecule has 1 saturated carbocycles. The maximum atomic E-state index is 13.5. The predicted octanol–water partition coefficient (Wildman–Crippen LogP) is 4.68. The Morgan fingerprint density at radius 1 is 0.841 bits per heavy atom. The quantitative estimate of drug-likeness (QED) is 0.227. The number of fused-ring (bicyclic) bond motifs is 1. The van der Waals surface area contributed by atoms with Gasteiger partial charge < -0.3 is 4.90 Å². The van der Waals surface area contributed by atoms with E-state index in [9.17, 15) is 19.2 Å². The zero-order valence-corrected chi connectivity index (χ0v) is 25.4. The summed E-state index contributed by atoms with van der Waals surface area (Å²) in [6, 6.07) is 17.3. The second kappa shape index (κ2) is 12.2. The largest absolute Gasteiger partial charge is 0.369 e. The monoisotopic (exact) mass is 587 g/mol. The summed E-state index contributed by atoms with van der Waals surface area (Å²) in [4.78, 5) is 56.9. The van der Waals surface area contributed by atoms with Crippen LogP contribution in [0.25, 0.3) is 0 Å². The number of nitrogens with zero attached hydrogens (tertiary/aromatic N) is 3. The van der Waals surface area contributed by atoms with Crippen molar-refractivity contribution in [2.45, 2.75) is 58.5 Å². The number of piperazine rings is 1. The van der Waals surface area contributed by atoms with Gasteiger partial charge in [0.2, 0.25) is 0 Å². The first kappa shape index (κ1) is 29.5. The van der Waals surface area contributed by atoms with Crippen molar-refractivity contribution >= 4 is 29.1 Å². The van der Waals surface area contributed by atoms with Crippen molar-refractivity contribution in [3.05, 3.63) is 99.1 Å². The van der Waals surface area contributed by atoms with Gasteiger partial charge in [0, 0.05) is 50.4 Å². The van der Waals surface area contributed by atoms with E-state index >= 15 is 0 Å². The fraction of sp³-hybridized carbons (Fsp3) is 0.351. The van der Waals surface area contributed by atoms with Gasteiger partial charge in [-0.1, -0.05) is 36.3 Å². The Morgan fingerprint density at radius 3 is 2.34 bits per heavy atom. The fourth-order valence-electron chi connectivity index (χ4n) is 6.85. The van der Waals surface area contributed by atoms with Crippen LogP contribution < -0.4 is 4.90 Å². The lowest BCUT2D eigenvalue weighted by molar-refractivity contribution is -0.132. The Kier molecular flexibility index (Phi) is 8.20. The summed E-state index contributed by atoms with van der Waals surface area (Å²) in [6.45, 7) is 9.10. The molecule has 3 aromatic rings. The predicted molar refractivity (Wildman–Crippen MR) is 170 cm³/mol. The second-order valence-corrected chi connectivity index (χ2v) is 12.2. The Bertz CT molecular complexity index is 1710. The van der Waals surface area contributed by atoms with Gasteiger partial charge in [-0.3, -0.25) is 29.0 Å². The van der Waals surface area contributed by atoms with E-state index in [1.807, 2.05) is 12.1 Å². The Morgan fingerprint density at radius 2 is 1.64 bits per heavy atom. The first-order chi connectivity index (χ1) is 21.2. The molecule has 3 aliphatic rings. The molecule has 1 unspecified atom stereocenters. The zero-order valence-electron chi connectivity index (χ0n) is 25.4. The molecule has 2 aliphatic heterocycles. The lowest BCUT2D eigenvalue weighted by Crippen LogP contribution is -2.47. The highest BCUT2D eigenvalue weighted by Gasteiger charge is 2.45. The van der Waals surface area contributed by atoms with Gasteiger partial charge in [-0.25, -0.2) is 0 Å². The number of ketones is 2. The fourth-order valence-corrected chi connectivity index (χ4v) is 6.85. The third-order valence-electron chi connectivity index (χ3n) is 9.34. The van der Waals surface area contributed by atoms with Crippen LogP contribution in [0.5, 0.6) is 0 Å². The van der Waals surface area contributed by atoms with Gasteiger partial charge in [0.15, 0.2) is 5.78 Å². The van der Waals surface area contributed by atoms with Gasteiger partial charge in [0.1, 0.15) is 5.78 Å². The van der Waals surface area contributed by atoms with Gasteiger partial charge in [0.25, 0.3) is 11.8 Å². The van der Waals surface area contributed by atoms with Crippen molar-refractivity contribution in [1.29, 1.82) is 0 Å². The van der Waals surface area contributed by atoms with Crippen molar-refractivity contribution in [2.24, 2.45) is 0 Å². The summed E-state index contributed by atoms with van der Waals surface area (Å²) in [5.41, 5.74) is 8.67. The molecule has 0 N–H and O–H groups in total. The number of amides is 2. The number of carbonyl (C=O) groups excluding carboxylic acids is 4. The van der Waals surface area contributed by atoms with Crippen LogP contribution in [0.1, 0.15) is 73.4 Å². The summed E-state index contributed by atoms with van der Waals surface area (Å²) in [7, 11) is 0. The summed E-state index contributed by atoms with van der Waals surface area (Å²) in [5.74, 6) is 1.38. The first-order valence-electron chi connectivity index (χ1n) is 15.4. The van der Waals surface area contributed by atoms with E-state index in [1.54, 1.807) is 12.1 Å². The van der Waals surface area contributed by atoms with Crippen LogP contribution >= 0.6 is 0 Å². The van der Waals surface area contributed by atoms with Crippen molar-refractivity contribution < 1.29 is 19.2 Å². The Labute approximate surface area is 258 Å². The van der Waals surface area contributed by atoms with E-state index in [4.69, 9.17) is 6.42 Å². The van der Waals surface area contributed by atoms with Gasteiger partial charge in [-0.05, 0) is 85.2 Å². The highest BCUT2D eigenvalue weighted by molar-refractivity contribution is 6.24. The Balaban J connectivity index is 1.07. The number of aryl methyl sites for hydroxylation is 4. The van der Waals surface area contributed by atoms with E-state index < -0.39 is 17.9 Å². The van der Waals surface area contributed by atoms with E-state index in [0.717, 1.165) is 55.2 Å². The van der Waals surface area contributed by atoms with Gasteiger partial charge in [0.05, 0.1) is 23.6 Å². The minimum absolute atomic E-state index is 0.134. The molecule has 7 nitrogen and oxygen atoms in total. The molecule has 0 spiro atoms. The molecule has 6 rings (SSSR count). The van der Waals surface area contributed by atoms with Crippen LogP contribution in [0.4, 0.5) is 5.69 Å². The number of terminal acetylenes is 1. The number of hydrogen-bond acceptors (Lipinski definition) is 6. The van der Waals surface area contributed by atoms with Crippen LogP contribution in [0, 0.1) is 26.2 Å². The minimum atomic E-state index is -0.851. The number of hydrogen-bond donors (Lipinski definition) is 0. The van der Waals surface area contributed by atoms with E-state index in [-0.39, 0.29) is 30.8 Å². The van der Waals surface area contributed by atoms with E-state index in [1.165, 1.54) is 27.9 Å². The average Bonchev–Trinajstić information content (AvgIpc) is 3.27. The Hall–Kier alpha value is -4.54. The molecule has 0 radical (unpaired) electrons. The second-order valence-electron chi connectivity index (χ2n) is 12.2. The van der Waals surface area contributed by atoms with E-state index in [2.05, 4.69) is 59.9 Å². The van der Waals surface area contributed by atoms with Crippen molar-refractivity contribution in [2.75, 3.05) is 31.1 Å². The lowest BCUT2D eigenvalue weighted by Gasteiger charge is -2.37. The van der Waals surface area contributed by atoms with Crippen LogP contribution in [0.15, 0.2) is 54.6 Å². The van der Waals surface area contributed by atoms with Crippen molar-refractivity contribution in [3.8, 4) is 12.3 Å². The standard InChI is InChI=1S/C37H37N3O4/c1-4-26-10-14-32(25(3)21-26)39-18-16-38(17-19-39)23-29-12-9-27(20-24(29)2)8-11-28-6-5-7-31-35(28)37(44)40(36(31)43)33-15-13-30(41)22-34(33)42/h1,5-7,9-10,12,14,20-21,33H,8,11,13,15-19,22-23H2,2-3H3. The third-order valence-corrected chi connectivity index (χ3v) is 9.34. The highest BCUT2D eigenvalue weighted by Crippen LogP contribution is 2.32. The van der Waals surface area contributed by atoms with Gasteiger partial charge in [-0.2, -0.15) is 0 Å². The number of Topliss-reactive ketones (excluding diaryl/α,β-unsaturated/α-hetero) is 2. The average molecular weight is 588 g/mol. The molecule has 1 atom stereocenters. The lowest BCUT2D eigenvalue weighted by atomic mass is 9.92. The number of rotatable bonds is 7. The van der Waals surface area contributed by atoms with Crippen LogP contribution in [0.3, 0.4) is 0 Å². The summed E-state index contributed by atoms with van der Waals surface area (Å²) in [6.07, 6.45) is 7.10. The summed E-state index contributed by atoms with van der Waals surface area (Å²) < 4.78 is 0. The number of benzene rings is 3. The molecule has 2 amide bonds. The van der Waals surface area contributed by atoms with Crippen molar-refractivity contribution in [1.82, 2.24) is 9.80 Å². The molecule has 0 aromatic heterocycles. The number of carbonyl (C=O) groups is 4. The van der Waals surface area contributed by atoms with E-state index in [0.29, 0.717) is 17.5 Å². The minimum Gasteiger partial charge on any atom is -0.369 e. The number of anilines is 1. The molecule has 7 heteroatoms. The van der Waals surface area contributed by atoms with Crippen LogP contribution in [0.2, 0.25) is 0 Å². The smallest absolute Gasteiger partial charge is 0.262 e. The van der Waals surface area contributed by atoms with Gasteiger partial charge >= 0.3 is 0 Å². The van der Waals surface area contributed by atoms with Crippen LogP contribution in [-0.2, 0) is 29.0 Å². The molecule has 44 heavy (non-hydrogen) atoms. The third kappa shape index (κ3) is 5.70. The molecule has 2 fully saturated rings. The molecule has 0 bridgehead atoms. The molecule has 2 heterocycles. The SMILES string of the molecule is C#Cc1ccc(N2CCN(Cc3ccc(CCc4cccc5c4C(=O)N(C4CCC(=O)CC4=O)C5=O)cc3C)CC2)c(C)c1. The molecular formula is C37H37N3O4. The summed E-state index contributed by atoms with van der Waals surface area (Å²) in [5, 5.41) is 0. The molecule has 3 aromatic carbocycles. The molecular weight excluding hydrogens is 550 g/mol. The normalized spacial score (nSPS) is 19.0. The molecule has 1 saturated heterocycles. The molecule has 224 valence electrons. The van der Waals surface area contributed by atoms with Crippen LogP contribution in [-0.4, -0.2) is 65.4 Å². The van der Waals surface area contributed by atoms with Gasteiger partial charge in [-0.15, -0.1) is 6.42 Å². The molecule has 1 aliphatic carbocycles.